The summed E-state index contributed by atoms with van der Waals surface area (Å²) in [5.41, 5.74) is -5.36. The first-order valence-corrected chi connectivity index (χ1v) is 3.36. The molecule has 1 rings (SSSR count). The molecule has 0 amide bonds. The van der Waals surface area contributed by atoms with Crippen LogP contribution in [0.3, 0.4) is 0 Å². The molecule has 1 aromatic heterocycles. The van der Waals surface area contributed by atoms with E-state index in [1.807, 2.05) is 0 Å². The second-order valence-electron chi connectivity index (χ2n) is 2.48. The first-order chi connectivity index (χ1) is 6.60. The maximum Gasteiger partial charge on any atom is 0.433 e. The standard InChI is InChI=1S/C6H2F6N2O/c7-5(8,9)2-1-3(6(10,11)12)14-4(15)13-2/h1H,(H,13,14,15). The smallest absolute Gasteiger partial charge is 0.302 e. The Kier molecular flexibility index (Phi) is 2.49. The number of nitrogens with one attached hydrogen (secondary N) is 1. The van der Waals surface area contributed by atoms with Crippen LogP contribution < -0.4 is 5.69 Å². The third-order valence-electron chi connectivity index (χ3n) is 1.34. The summed E-state index contributed by atoms with van der Waals surface area (Å²) in [4.78, 5) is 14.0. The van der Waals surface area contributed by atoms with Gasteiger partial charge in [0.1, 0.15) is 5.69 Å². The van der Waals surface area contributed by atoms with Gasteiger partial charge in [-0.05, 0) is 6.07 Å². The van der Waals surface area contributed by atoms with E-state index in [4.69, 9.17) is 0 Å². The molecule has 0 atom stereocenters. The van der Waals surface area contributed by atoms with Crippen molar-refractivity contribution in [2.45, 2.75) is 12.4 Å². The summed E-state index contributed by atoms with van der Waals surface area (Å²) in [6, 6.07) is -0.263. The average Bonchev–Trinajstić information content (AvgIpc) is 1.99. The molecule has 0 radical (unpaired) electrons. The molecule has 0 fully saturated rings. The van der Waals surface area contributed by atoms with Crippen molar-refractivity contribution in [1.82, 2.24) is 9.97 Å². The average molecular weight is 232 g/mol. The zero-order chi connectivity index (χ0) is 11.9. The molecule has 3 nitrogen and oxygen atoms in total. The zero-order valence-corrected chi connectivity index (χ0v) is 6.70. The van der Waals surface area contributed by atoms with Gasteiger partial charge in [-0.1, -0.05) is 0 Å². The molecule has 0 aromatic carbocycles. The van der Waals surface area contributed by atoms with Crippen LogP contribution in [0.4, 0.5) is 26.3 Å². The topological polar surface area (TPSA) is 45.8 Å². The highest BCUT2D eigenvalue weighted by atomic mass is 19.4. The summed E-state index contributed by atoms with van der Waals surface area (Å²) in [6.45, 7) is 0. The fourth-order valence-corrected chi connectivity index (χ4v) is 0.756. The van der Waals surface area contributed by atoms with Gasteiger partial charge in [0, 0.05) is 0 Å². The SMILES string of the molecule is O=c1nc(C(F)(F)F)cc(C(F)(F)F)[nH]1. The van der Waals surface area contributed by atoms with Crippen LogP contribution in [0, 0.1) is 0 Å². The molecule has 0 unspecified atom stereocenters. The predicted molar refractivity (Wildman–Crippen MR) is 34.9 cm³/mol. The van der Waals surface area contributed by atoms with Crippen LogP contribution in [-0.4, -0.2) is 9.97 Å². The minimum Gasteiger partial charge on any atom is -0.302 e. The molecule has 1 N–H and O–H groups in total. The Hall–Kier alpha value is -1.54. The van der Waals surface area contributed by atoms with Crippen LogP contribution in [0.15, 0.2) is 10.9 Å². The van der Waals surface area contributed by atoms with E-state index in [1.165, 1.54) is 4.98 Å². The Morgan fingerprint density at radius 1 is 1.07 bits per heavy atom. The highest BCUT2D eigenvalue weighted by molar-refractivity contribution is 5.13. The summed E-state index contributed by atoms with van der Waals surface area (Å²) in [6.07, 6.45) is -10.1. The van der Waals surface area contributed by atoms with E-state index in [0.717, 1.165) is 0 Å². The van der Waals surface area contributed by atoms with Crippen molar-refractivity contribution in [3.63, 3.8) is 0 Å². The molecule has 1 aromatic rings. The molecule has 84 valence electrons. The summed E-state index contributed by atoms with van der Waals surface area (Å²) >= 11 is 0. The Labute approximate surface area is 77.8 Å². The number of halogens is 6. The van der Waals surface area contributed by atoms with E-state index in [2.05, 4.69) is 4.98 Å². The predicted octanol–water partition coefficient (Wildman–Crippen LogP) is 1.81. The lowest BCUT2D eigenvalue weighted by molar-refractivity contribution is -0.148. The van der Waals surface area contributed by atoms with Crippen LogP contribution in [0.25, 0.3) is 0 Å². The van der Waals surface area contributed by atoms with E-state index < -0.39 is 29.4 Å². The lowest BCUT2D eigenvalue weighted by atomic mass is 10.3. The second kappa shape index (κ2) is 3.24. The third-order valence-corrected chi connectivity index (χ3v) is 1.34. The van der Waals surface area contributed by atoms with Crippen LogP contribution in [-0.2, 0) is 12.4 Å². The van der Waals surface area contributed by atoms with Gasteiger partial charge in [0.2, 0.25) is 0 Å². The molecular formula is C6H2F6N2O. The molecule has 0 aliphatic rings. The van der Waals surface area contributed by atoms with Gasteiger partial charge in [-0.15, -0.1) is 0 Å². The number of rotatable bonds is 0. The molecule has 1 heterocycles. The molecule has 0 aliphatic carbocycles. The largest absolute Gasteiger partial charge is 0.433 e. The maximum absolute atomic E-state index is 12.0. The highest BCUT2D eigenvalue weighted by Gasteiger charge is 2.38. The van der Waals surface area contributed by atoms with Crippen molar-refractivity contribution in [2.75, 3.05) is 0 Å². The van der Waals surface area contributed by atoms with Gasteiger partial charge in [0.25, 0.3) is 0 Å². The van der Waals surface area contributed by atoms with Gasteiger partial charge in [-0.2, -0.15) is 31.3 Å². The van der Waals surface area contributed by atoms with Crippen LogP contribution in [0.2, 0.25) is 0 Å². The molecule has 0 saturated carbocycles. The van der Waals surface area contributed by atoms with Gasteiger partial charge < -0.3 is 4.98 Å². The molecule has 15 heavy (non-hydrogen) atoms. The lowest BCUT2D eigenvalue weighted by Crippen LogP contribution is -2.23. The van der Waals surface area contributed by atoms with Crippen molar-refractivity contribution in [3.8, 4) is 0 Å². The third kappa shape index (κ3) is 2.70. The monoisotopic (exact) mass is 232 g/mol. The van der Waals surface area contributed by atoms with Gasteiger partial charge in [0.15, 0.2) is 5.69 Å². The van der Waals surface area contributed by atoms with Crippen LogP contribution in [0.1, 0.15) is 11.4 Å². The lowest BCUT2D eigenvalue weighted by Gasteiger charge is -2.09. The molecule has 0 spiro atoms. The van der Waals surface area contributed by atoms with E-state index >= 15 is 0 Å². The number of alkyl halides is 6. The molecule has 0 saturated heterocycles. The van der Waals surface area contributed by atoms with Crippen molar-refractivity contribution in [3.05, 3.63) is 27.9 Å². The highest BCUT2D eigenvalue weighted by Crippen LogP contribution is 2.31. The van der Waals surface area contributed by atoms with Crippen LogP contribution in [0.5, 0.6) is 0 Å². The summed E-state index contributed by atoms with van der Waals surface area (Å²) in [7, 11) is 0. The summed E-state index contributed by atoms with van der Waals surface area (Å²) in [5.74, 6) is 0. The molecule has 0 bridgehead atoms. The van der Waals surface area contributed by atoms with Gasteiger partial charge in [-0.25, -0.2) is 4.79 Å². The second-order valence-corrected chi connectivity index (χ2v) is 2.48. The van der Waals surface area contributed by atoms with Gasteiger partial charge in [-0.3, -0.25) is 0 Å². The quantitative estimate of drug-likeness (QED) is 0.693. The number of H-pyrrole nitrogens is 1. The van der Waals surface area contributed by atoms with Crippen molar-refractivity contribution >= 4 is 0 Å². The van der Waals surface area contributed by atoms with E-state index in [1.54, 1.807) is 0 Å². The zero-order valence-electron chi connectivity index (χ0n) is 6.70. The Morgan fingerprint density at radius 3 is 2.00 bits per heavy atom. The van der Waals surface area contributed by atoms with Crippen LogP contribution >= 0.6 is 0 Å². The van der Waals surface area contributed by atoms with E-state index in [0.29, 0.717) is 0 Å². The van der Waals surface area contributed by atoms with Crippen molar-refractivity contribution < 1.29 is 26.3 Å². The Bertz CT molecular complexity index is 382. The fraction of sp³-hybridized carbons (Fsp3) is 0.333. The summed E-state index contributed by atoms with van der Waals surface area (Å²) in [5, 5.41) is 0. The van der Waals surface area contributed by atoms with E-state index in [9.17, 15) is 31.1 Å². The Morgan fingerprint density at radius 2 is 1.60 bits per heavy atom. The number of hydrogen-bond donors (Lipinski definition) is 1. The first-order valence-electron chi connectivity index (χ1n) is 3.36. The number of nitrogens with zero attached hydrogens (tertiary/aromatic N) is 1. The minimum atomic E-state index is -5.09. The number of aromatic nitrogens is 2. The Balaban J connectivity index is 3.36. The fourth-order valence-electron chi connectivity index (χ4n) is 0.756. The number of hydrogen-bond acceptors (Lipinski definition) is 2. The van der Waals surface area contributed by atoms with Crippen molar-refractivity contribution in [1.29, 1.82) is 0 Å². The van der Waals surface area contributed by atoms with E-state index in [-0.39, 0.29) is 6.07 Å². The molecule has 0 aliphatic heterocycles. The normalized spacial score (nSPS) is 12.9. The maximum atomic E-state index is 12.0. The summed E-state index contributed by atoms with van der Waals surface area (Å²) < 4.78 is 71.8. The van der Waals surface area contributed by atoms with Crippen molar-refractivity contribution in [2.24, 2.45) is 0 Å². The molecular weight excluding hydrogens is 230 g/mol. The van der Waals surface area contributed by atoms with Gasteiger partial charge >= 0.3 is 18.0 Å². The van der Waals surface area contributed by atoms with Gasteiger partial charge in [0.05, 0.1) is 0 Å². The number of aromatic amines is 1. The first kappa shape index (κ1) is 11.5. The molecule has 9 heteroatoms. The minimum absolute atomic E-state index is 0.263.